The molecule has 0 atom stereocenters. The van der Waals surface area contributed by atoms with E-state index >= 15 is 0 Å². The van der Waals surface area contributed by atoms with Gasteiger partial charge in [-0.2, -0.15) is 13.2 Å². The lowest BCUT2D eigenvalue weighted by Gasteiger charge is -2.11. The molecule has 0 aromatic heterocycles. The molecular formula is C14H20ClF3IN3S. The summed E-state index contributed by atoms with van der Waals surface area (Å²) in [5, 5.41) is 6.62. The van der Waals surface area contributed by atoms with Crippen LogP contribution in [0, 0.1) is 0 Å². The summed E-state index contributed by atoms with van der Waals surface area (Å²) in [6.45, 7) is 2.79. The first-order chi connectivity index (χ1) is 10.4. The molecule has 0 unspecified atom stereocenters. The third-order valence-corrected chi connectivity index (χ3v) is 3.75. The van der Waals surface area contributed by atoms with Crippen molar-refractivity contribution in [2.45, 2.75) is 24.4 Å². The summed E-state index contributed by atoms with van der Waals surface area (Å²) in [6.07, 6.45) is -5.09. The maximum Gasteiger partial charge on any atom is 0.390 e. The van der Waals surface area contributed by atoms with E-state index in [1.807, 2.05) is 31.2 Å². The topological polar surface area (TPSA) is 36.4 Å². The zero-order chi connectivity index (χ0) is 16.4. The maximum atomic E-state index is 12.1. The number of alkyl halides is 3. The van der Waals surface area contributed by atoms with Gasteiger partial charge in [0.2, 0.25) is 0 Å². The molecule has 9 heteroatoms. The number of rotatable bonds is 7. The van der Waals surface area contributed by atoms with Crippen molar-refractivity contribution < 1.29 is 13.2 Å². The molecular weight excluding hydrogens is 462 g/mol. The highest BCUT2D eigenvalue weighted by molar-refractivity contribution is 14.0. The third-order valence-electron chi connectivity index (χ3n) is 2.49. The van der Waals surface area contributed by atoms with Crippen LogP contribution in [0.25, 0.3) is 0 Å². The lowest BCUT2D eigenvalue weighted by molar-refractivity contribution is -0.132. The van der Waals surface area contributed by atoms with Gasteiger partial charge in [0.1, 0.15) is 0 Å². The number of hydrogen-bond acceptors (Lipinski definition) is 2. The average molecular weight is 482 g/mol. The van der Waals surface area contributed by atoms with Crippen LogP contribution in [0.2, 0.25) is 5.02 Å². The SMILES string of the molecule is CCNC(=NCCC(F)(F)F)NCCSc1ccc(Cl)cc1.I. The highest BCUT2D eigenvalue weighted by Gasteiger charge is 2.26. The Morgan fingerprint density at radius 2 is 1.87 bits per heavy atom. The minimum absolute atomic E-state index is 0. The number of nitrogens with zero attached hydrogens (tertiary/aromatic N) is 1. The van der Waals surface area contributed by atoms with E-state index in [0.29, 0.717) is 24.1 Å². The first kappa shape index (κ1) is 22.6. The van der Waals surface area contributed by atoms with Crippen molar-refractivity contribution in [3.63, 3.8) is 0 Å². The molecule has 0 aliphatic rings. The Kier molecular flexibility index (Phi) is 11.9. The number of thioether (sulfide) groups is 1. The summed E-state index contributed by atoms with van der Waals surface area (Å²) in [5.41, 5.74) is 0. The van der Waals surface area contributed by atoms with E-state index in [-0.39, 0.29) is 30.5 Å². The van der Waals surface area contributed by atoms with Crippen molar-refractivity contribution in [2.24, 2.45) is 4.99 Å². The Hall–Kier alpha value is -0.350. The first-order valence-corrected chi connectivity index (χ1v) is 8.24. The van der Waals surface area contributed by atoms with Crippen LogP contribution in [-0.2, 0) is 0 Å². The standard InChI is InChI=1S/C14H19ClF3N3S.HI/c1-2-19-13(20-8-7-14(16,17)18)21-9-10-22-12-5-3-11(15)4-6-12;/h3-6H,2,7-10H2,1H3,(H2,19,20,21);1H. The fourth-order valence-corrected chi connectivity index (χ4v) is 2.40. The monoisotopic (exact) mass is 481 g/mol. The Labute approximate surface area is 160 Å². The van der Waals surface area contributed by atoms with E-state index in [0.717, 1.165) is 10.6 Å². The summed E-state index contributed by atoms with van der Waals surface area (Å²) >= 11 is 7.44. The lowest BCUT2D eigenvalue weighted by Crippen LogP contribution is -2.38. The fraction of sp³-hybridized carbons (Fsp3) is 0.500. The van der Waals surface area contributed by atoms with E-state index in [4.69, 9.17) is 11.6 Å². The van der Waals surface area contributed by atoms with Gasteiger partial charge < -0.3 is 10.6 Å². The van der Waals surface area contributed by atoms with Gasteiger partial charge in [-0.15, -0.1) is 35.7 Å². The maximum absolute atomic E-state index is 12.1. The fourth-order valence-electron chi connectivity index (χ4n) is 1.51. The Bertz CT molecular complexity index is 469. The minimum Gasteiger partial charge on any atom is -0.357 e. The molecule has 0 aliphatic carbocycles. The van der Waals surface area contributed by atoms with Crippen molar-refractivity contribution in [1.29, 1.82) is 0 Å². The molecule has 1 aromatic carbocycles. The zero-order valence-electron chi connectivity index (χ0n) is 12.6. The zero-order valence-corrected chi connectivity index (χ0v) is 16.5. The van der Waals surface area contributed by atoms with E-state index in [1.165, 1.54) is 0 Å². The van der Waals surface area contributed by atoms with Crippen LogP contribution in [0.3, 0.4) is 0 Å². The van der Waals surface area contributed by atoms with E-state index < -0.39 is 12.6 Å². The van der Waals surface area contributed by atoms with Crippen LogP contribution in [0.5, 0.6) is 0 Å². The van der Waals surface area contributed by atoms with Crippen molar-refractivity contribution >= 4 is 53.3 Å². The molecule has 0 aliphatic heterocycles. The highest BCUT2D eigenvalue weighted by atomic mass is 127. The van der Waals surface area contributed by atoms with Crippen molar-refractivity contribution in [3.8, 4) is 0 Å². The first-order valence-electron chi connectivity index (χ1n) is 6.88. The number of guanidine groups is 1. The second-order valence-corrected chi connectivity index (χ2v) is 5.96. The number of hydrogen-bond donors (Lipinski definition) is 2. The summed E-state index contributed by atoms with van der Waals surface area (Å²) in [5.74, 6) is 1.18. The van der Waals surface area contributed by atoms with Crippen molar-refractivity contribution in [2.75, 3.05) is 25.4 Å². The number of nitrogens with one attached hydrogen (secondary N) is 2. The van der Waals surface area contributed by atoms with Gasteiger partial charge >= 0.3 is 6.18 Å². The third kappa shape index (κ3) is 11.8. The molecule has 0 fully saturated rings. The van der Waals surface area contributed by atoms with E-state index in [9.17, 15) is 13.2 Å². The summed E-state index contributed by atoms with van der Waals surface area (Å²) < 4.78 is 36.3. The van der Waals surface area contributed by atoms with Gasteiger partial charge in [0.25, 0.3) is 0 Å². The lowest BCUT2D eigenvalue weighted by atomic mass is 10.4. The smallest absolute Gasteiger partial charge is 0.357 e. The minimum atomic E-state index is -4.18. The van der Waals surface area contributed by atoms with Gasteiger partial charge in [-0.05, 0) is 31.2 Å². The second kappa shape index (κ2) is 12.1. The van der Waals surface area contributed by atoms with Gasteiger partial charge in [0.15, 0.2) is 5.96 Å². The van der Waals surface area contributed by atoms with Gasteiger partial charge in [-0.25, -0.2) is 0 Å². The van der Waals surface area contributed by atoms with Gasteiger partial charge in [0.05, 0.1) is 13.0 Å². The van der Waals surface area contributed by atoms with Gasteiger partial charge in [0, 0.05) is 28.8 Å². The van der Waals surface area contributed by atoms with Crippen LogP contribution in [0.4, 0.5) is 13.2 Å². The van der Waals surface area contributed by atoms with Crippen LogP contribution >= 0.6 is 47.3 Å². The molecule has 0 spiro atoms. The molecule has 132 valence electrons. The predicted molar refractivity (Wildman–Crippen MR) is 102 cm³/mol. The number of aliphatic imine (C=N–C) groups is 1. The molecule has 0 radical (unpaired) electrons. The number of halogens is 5. The normalized spacial score (nSPS) is 11.8. The Morgan fingerprint density at radius 3 is 2.43 bits per heavy atom. The molecule has 2 N–H and O–H groups in total. The number of benzene rings is 1. The van der Waals surface area contributed by atoms with Gasteiger partial charge in [-0.3, -0.25) is 4.99 Å². The molecule has 0 saturated carbocycles. The molecule has 1 aromatic rings. The molecule has 1 rings (SSSR count). The molecule has 3 nitrogen and oxygen atoms in total. The summed E-state index contributed by atoms with van der Waals surface area (Å²) in [7, 11) is 0. The highest BCUT2D eigenvalue weighted by Crippen LogP contribution is 2.20. The van der Waals surface area contributed by atoms with Gasteiger partial charge in [-0.1, -0.05) is 11.6 Å². The molecule has 0 saturated heterocycles. The van der Waals surface area contributed by atoms with E-state index in [1.54, 1.807) is 11.8 Å². The second-order valence-electron chi connectivity index (χ2n) is 4.35. The molecule has 0 bridgehead atoms. The van der Waals surface area contributed by atoms with Crippen LogP contribution in [0.15, 0.2) is 34.2 Å². The Morgan fingerprint density at radius 1 is 1.22 bits per heavy atom. The average Bonchev–Trinajstić information content (AvgIpc) is 2.44. The molecule has 23 heavy (non-hydrogen) atoms. The van der Waals surface area contributed by atoms with Crippen molar-refractivity contribution in [3.05, 3.63) is 29.3 Å². The van der Waals surface area contributed by atoms with Crippen LogP contribution in [-0.4, -0.2) is 37.5 Å². The Balaban J connectivity index is 0.00000484. The summed E-state index contributed by atoms with van der Waals surface area (Å²) in [4.78, 5) is 4.99. The summed E-state index contributed by atoms with van der Waals surface area (Å²) in [6, 6.07) is 7.49. The molecule has 0 amide bonds. The molecule has 0 heterocycles. The predicted octanol–water partition coefficient (Wildman–Crippen LogP) is 4.56. The van der Waals surface area contributed by atoms with Crippen LogP contribution < -0.4 is 10.6 Å². The van der Waals surface area contributed by atoms with Crippen molar-refractivity contribution in [1.82, 2.24) is 10.6 Å². The largest absolute Gasteiger partial charge is 0.390 e. The van der Waals surface area contributed by atoms with Crippen LogP contribution in [0.1, 0.15) is 13.3 Å². The van der Waals surface area contributed by atoms with E-state index in [2.05, 4.69) is 15.6 Å². The quantitative estimate of drug-likeness (QED) is 0.197.